The van der Waals surface area contributed by atoms with Gasteiger partial charge in [-0.2, -0.15) is 10.1 Å². The van der Waals surface area contributed by atoms with E-state index in [1.54, 1.807) is 6.20 Å². The third-order valence-corrected chi connectivity index (χ3v) is 4.31. The van der Waals surface area contributed by atoms with Crippen LogP contribution in [0.15, 0.2) is 54.7 Å². The van der Waals surface area contributed by atoms with Crippen molar-refractivity contribution in [1.29, 1.82) is 0 Å². The summed E-state index contributed by atoms with van der Waals surface area (Å²) in [7, 11) is 0. The van der Waals surface area contributed by atoms with Crippen molar-refractivity contribution in [2.75, 3.05) is 10.2 Å². The topological polar surface area (TPSA) is 53.9 Å². The molecule has 2 aromatic carbocycles. The summed E-state index contributed by atoms with van der Waals surface area (Å²) in [5.74, 6) is 1.25. The number of hydrogen-bond acceptors (Lipinski definition) is 5. The average molecular weight is 368 g/mol. The molecule has 5 nitrogen and oxygen atoms in total. The molecule has 0 unspecified atom stereocenters. The van der Waals surface area contributed by atoms with Crippen molar-refractivity contribution < 1.29 is 0 Å². The van der Waals surface area contributed by atoms with Crippen molar-refractivity contribution in [1.82, 2.24) is 15.2 Å². The second kappa shape index (κ2) is 8.15. The number of nitrogens with zero attached hydrogens (tertiary/aromatic N) is 4. The molecule has 0 saturated heterocycles. The number of benzene rings is 2. The van der Waals surface area contributed by atoms with Gasteiger partial charge in [0.15, 0.2) is 5.82 Å². The van der Waals surface area contributed by atoms with E-state index in [0.29, 0.717) is 16.8 Å². The Kier molecular flexibility index (Phi) is 5.68. The Bertz CT molecular complexity index is 867. The molecular weight excluding hydrogens is 346 g/mol. The Morgan fingerprint density at radius 2 is 1.88 bits per heavy atom. The van der Waals surface area contributed by atoms with Gasteiger partial charge in [0.05, 0.1) is 6.20 Å². The Hall–Kier alpha value is -2.66. The molecule has 0 amide bonds. The predicted octanol–water partition coefficient (Wildman–Crippen LogP) is 4.99. The molecule has 6 heteroatoms. The number of halogens is 1. The van der Waals surface area contributed by atoms with Crippen LogP contribution < -0.4 is 10.2 Å². The molecule has 1 aromatic heterocycles. The first-order chi connectivity index (χ1) is 12.5. The maximum absolute atomic E-state index is 6.03. The summed E-state index contributed by atoms with van der Waals surface area (Å²) in [6.07, 6.45) is 1.62. The molecule has 0 aliphatic carbocycles. The quantitative estimate of drug-likeness (QED) is 0.665. The van der Waals surface area contributed by atoms with E-state index < -0.39 is 0 Å². The van der Waals surface area contributed by atoms with Crippen LogP contribution in [-0.4, -0.2) is 21.2 Å². The molecule has 0 saturated carbocycles. The molecule has 3 rings (SSSR count). The Morgan fingerprint density at radius 1 is 1.12 bits per heavy atom. The minimum Gasteiger partial charge on any atom is -0.339 e. The van der Waals surface area contributed by atoms with Gasteiger partial charge in [-0.25, -0.2) is 0 Å². The summed E-state index contributed by atoms with van der Waals surface area (Å²) in [4.78, 5) is 6.78. The van der Waals surface area contributed by atoms with E-state index in [1.165, 1.54) is 5.56 Å². The van der Waals surface area contributed by atoms with Gasteiger partial charge < -0.3 is 10.2 Å². The van der Waals surface area contributed by atoms with Gasteiger partial charge in [-0.3, -0.25) is 0 Å². The Morgan fingerprint density at radius 3 is 2.58 bits per heavy atom. The van der Waals surface area contributed by atoms with E-state index >= 15 is 0 Å². The second-order valence-electron chi connectivity index (χ2n) is 6.43. The Labute approximate surface area is 159 Å². The largest absolute Gasteiger partial charge is 0.339 e. The van der Waals surface area contributed by atoms with Gasteiger partial charge in [-0.05, 0) is 50.1 Å². The molecule has 0 spiro atoms. The zero-order chi connectivity index (χ0) is 18.5. The standard InChI is InChI=1S/C20H22ClN5/c1-14(2)26(13-16-7-5-4-6-8-16)20-24-19(12-22-25-20)23-18-10-9-17(21)11-15(18)3/h4-12,14H,13H2,1-3H3,(H,23,24,25). The lowest BCUT2D eigenvalue weighted by atomic mass is 10.2. The van der Waals surface area contributed by atoms with Crippen LogP contribution >= 0.6 is 11.6 Å². The van der Waals surface area contributed by atoms with Crippen molar-refractivity contribution >= 4 is 29.1 Å². The molecule has 0 aliphatic heterocycles. The van der Waals surface area contributed by atoms with Gasteiger partial charge >= 0.3 is 0 Å². The fourth-order valence-electron chi connectivity index (χ4n) is 2.65. The maximum Gasteiger partial charge on any atom is 0.247 e. The summed E-state index contributed by atoms with van der Waals surface area (Å²) in [6.45, 7) is 6.97. The fourth-order valence-corrected chi connectivity index (χ4v) is 2.87. The molecule has 0 radical (unpaired) electrons. The van der Waals surface area contributed by atoms with Gasteiger partial charge in [0.25, 0.3) is 0 Å². The number of aryl methyl sites for hydroxylation is 1. The van der Waals surface area contributed by atoms with Crippen molar-refractivity contribution in [2.24, 2.45) is 0 Å². The normalized spacial score (nSPS) is 10.8. The fraction of sp³-hybridized carbons (Fsp3) is 0.250. The lowest BCUT2D eigenvalue weighted by Gasteiger charge is -2.26. The smallest absolute Gasteiger partial charge is 0.247 e. The van der Waals surface area contributed by atoms with Crippen LogP contribution in [0.2, 0.25) is 5.02 Å². The van der Waals surface area contributed by atoms with Gasteiger partial charge in [0, 0.05) is 23.3 Å². The highest BCUT2D eigenvalue weighted by Gasteiger charge is 2.15. The second-order valence-corrected chi connectivity index (χ2v) is 6.87. The number of anilines is 3. The van der Waals surface area contributed by atoms with E-state index in [1.807, 2.05) is 43.3 Å². The number of rotatable bonds is 6. The highest BCUT2D eigenvalue weighted by molar-refractivity contribution is 6.30. The summed E-state index contributed by atoms with van der Waals surface area (Å²) in [6, 6.07) is 16.2. The zero-order valence-electron chi connectivity index (χ0n) is 15.1. The van der Waals surface area contributed by atoms with Crippen LogP contribution in [0, 0.1) is 6.92 Å². The molecule has 0 bridgehead atoms. The molecular formula is C20H22ClN5. The first kappa shape index (κ1) is 18.1. The van der Waals surface area contributed by atoms with Crippen LogP contribution in [0.5, 0.6) is 0 Å². The first-order valence-electron chi connectivity index (χ1n) is 8.56. The lowest BCUT2D eigenvalue weighted by Crippen LogP contribution is -2.32. The molecule has 0 atom stereocenters. The van der Waals surface area contributed by atoms with E-state index in [2.05, 4.69) is 51.4 Å². The van der Waals surface area contributed by atoms with Crippen molar-refractivity contribution in [3.8, 4) is 0 Å². The predicted molar refractivity (Wildman–Crippen MR) is 107 cm³/mol. The third kappa shape index (κ3) is 4.49. The average Bonchev–Trinajstić information content (AvgIpc) is 2.63. The summed E-state index contributed by atoms with van der Waals surface area (Å²) in [5, 5.41) is 12.4. The first-order valence-corrected chi connectivity index (χ1v) is 8.94. The minimum atomic E-state index is 0.240. The SMILES string of the molecule is Cc1cc(Cl)ccc1Nc1cnnc(N(Cc2ccccc2)C(C)C)n1. The Balaban J connectivity index is 1.84. The summed E-state index contributed by atoms with van der Waals surface area (Å²) >= 11 is 6.03. The van der Waals surface area contributed by atoms with Crippen LogP contribution in [0.3, 0.4) is 0 Å². The molecule has 134 valence electrons. The van der Waals surface area contributed by atoms with Gasteiger partial charge in [-0.15, -0.1) is 5.10 Å². The molecule has 1 N–H and O–H groups in total. The maximum atomic E-state index is 6.03. The van der Waals surface area contributed by atoms with Crippen LogP contribution in [0.1, 0.15) is 25.0 Å². The molecule has 1 heterocycles. The van der Waals surface area contributed by atoms with E-state index in [-0.39, 0.29) is 6.04 Å². The van der Waals surface area contributed by atoms with Crippen LogP contribution in [0.25, 0.3) is 0 Å². The summed E-state index contributed by atoms with van der Waals surface area (Å²) < 4.78 is 0. The van der Waals surface area contributed by atoms with Gasteiger partial charge in [0.2, 0.25) is 5.95 Å². The number of nitrogens with one attached hydrogen (secondary N) is 1. The highest BCUT2D eigenvalue weighted by atomic mass is 35.5. The lowest BCUT2D eigenvalue weighted by molar-refractivity contribution is 0.653. The van der Waals surface area contributed by atoms with Crippen molar-refractivity contribution in [3.63, 3.8) is 0 Å². The van der Waals surface area contributed by atoms with Crippen molar-refractivity contribution in [2.45, 2.75) is 33.4 Å². The van der Waals surface area contributed by atoms with E-state index in [4.69, 9.17) is 11.6 Å². The highest BCUT2D eigenvalue weighted by Crippen LogP contribution is 2.23. The van der Waals surface area contributed by atoms with E-state index in [9.17, 15) is 0 Å². The molecule has 26 heavy (non-hydrogen) atoms. The molecule has 3 aromatic rings. The van der Waals surface area contributed by atoms with Crippen molar-refractivity contribution in [3.05, 3.63) is 70.9 Å². The van der Waals surface area contributed by atoms with Gasteiger partial charge in [0.1, 0.15) is 0 Å². The summed E-state index contributed by atoms with van der Waals surface area (Å²) in [5.41, 5.74) is 3.19. The van der Waals surface area contributed by atoms with Gasteiger partial charge in [-0.1, -0.05) is 41.9 Å². The number of hydrogen-bond donors (Lipinski definition) is 1. The number of aromatic nitrogens is 3. The zero-order valence-corrected chi connectivity index (χ0v) is 15.9. The van der Waals surface area contributed by atoms with Crippen LogP contribution in [0.4, 0.5) is 17.5 Å². The third-order valence-electron chi connectivity index (χ3n) is 4.07. The van der Waals surface area contributed by atoms with Crippen LogP contribution in [-0.2, 0) is 6.54 Å². The minimum absolute atomic E-state index is 0.240. The van der Waals surface area contributed by atoms with E-state index in [0.717, 1.165) is 17.8 Å². The molecule has 0 aliphatic rings. The molecule has 0 fully saturated rings. The monoisotopic (exact) mass is 367 g/mol.